The lowest BCUT2D eigenvalue weighted by atomic mass is 10.3. The second-order valence-corrected chi connectivity index (χ2v) is 2.13. The smallest absolute Gasteiger partial charge is 0.158 e. The van der Waals surface area contributed by atoms with Crippen LogP contribution in [0.4, 0.5) is 0 Å². The molecule has 5 nitrogen and oxygen atoms in total. The maximum Gasteiger partial charge on any atom is 0.158 e. The molecule has 0 aliphatic carbocycles. The Morgan fingerprint density at radius 2 is 2.45 bits per heavy atom. The van der Waals surface area contributed by atoms with Crippen molar-refractivity contribution in [3.05, 3.63) is 12.2 Å². The molecule has 62 valence electrons. The molecular formula is C6H11N3O2. The van der Waals surface area contributed by atoms with Gasteiger partial charge in [0.05, 0.1) is 6.61 Å². The highest BCUT2D eigenvalue weighted by atomic mass is 16.3. The van der Waals surface area contributed by atoms with E-state index in [-0.39, 0.29) is 6.61 Å². The van der Waals surface area contributed by atoms with Crippen molar-refractivity contribution in [2.24, 2.45) is 0 Å². The van der Waals surface area contributed by atoms with E-state index in [1.165, 1.54) is 6.33 Å². The predicted octanol–water partition coefficient (Wildman–Crippen LogP) is -0.676. The molecule has 0 saturated heterocycles. The fourth-order valence-electron chi connectivity index (χ4n) is 0.856. The van der Waals surface area contributed by atoms with Gasteiger partial charge in [0.15, 0.2) is 5.82 Å². The van der Waals surface area contributed by atoms with Gasteiger partial charge in [-0.3, -0.25) is 0 Å². The maximum atomic E-state index is 9.16. The number of nitrogens with zero attached hydrogens (tertiary/aromatic N) is 3. The van der Waals surface area contributed by atoms with E-state index in [1.54, 1.807) is 4.68 Å². The summed E-state index contributed by atoms with van der Waals surface area (Å²) in [6.07, 6.45) is 0.440. The van der Waals surface area contributed by atoms with E-state index in [1.807, 2.05) is 6.92 Å². The number of aromatic nitrogens is 3. The lowest BCUT2D eigenvalue weighted by Crippen LogP contribution is -2.11. The van der Waals surface area contributed by atoms with Crippen molar-refractivity contribution in [2.45, 2.75) is 19.6 Å². The Bertz CT molecular complexity index is 223. The average molecular weight is 157 g/mol. The summed E-state index contributed by atoms with van der Waals surface area (Å²) in [5.74, 6) is 0.412. The zero-order valence-electron chi connectivity index (χ0n) is 6.30. The van der Waals surface area contributed by atoms with Crippen molar-refractivity contribution in [3.63, 3.8) is 0 Å². The predicted molar refractivity (Wildman–Crippen MR) is 37.7 cm³/mol. The summed E-state index contributed by atoms with van der Waals surface area (Å²) >= 11 is 0. The molecule has 2 N–H and O–H groups in total. The van der Waals surface area contributed by atoms with Crippen LogP contribution in [0.2, 0.25) is 0 Å². The van der Waals surface area contributed by atoms with E-state index in [9.17, 15) is 0 Å². The number of rotatable bonds is 3. The van der Waals surface area contributed by atoms with Crippen molar-refractivity contribution in [3.8, 4) is 0 Å². The van der Waals surface area contributed by atoms with Gasteiger partial charge >= 0.3 is 0 Å². The minimum atomic E-state index is -0.919. The van der Waals surface area contributed by atoms with Crippen LogP contribution in [0.15, 0.2) is 6.33 Å². The number of aliphatic hydroxyl groups excluding tert-OH is 2. The van der Waals surface area contributed by atoms with Gasteiger partial charge in [-0.15, -0.1) is 0 Å². The standard InChI is InChI=1S/C6H11N3O2/c1-2-9-6(5(11)3-10)7-4-8-9/h4-5,10-11H,2-3H2,1H3. The Labute approximate surface area is 64.3 Å². The molecule has 1 atom stereocenters. The first-order chi connectivity index (χ1) is 5.29. The van der Waals surface area contributed by atoms with Gasteiger partial charge in [-0.05, 0) is 6.92 Å². The molecule has 0 bridgehead atoms. The van der Waals surface area contributed by atoms with Crippen molar-refractivity contribution in [1.82, 2.24) is 14.8 Å². The summed E-state index contributed by atoms with van der Waals surface area (Å²) in [5, 5.41) is 21.6. The molecule has 5 heteroatoms. The molecule has 1 aromatic rings. The molecule has 1 unspecified atom stereocenters. The summed E-state index contributed by atoms with van der Waals surface area (Å²) < 4.78 is 1.54. The minimum absolute atomic E-state index is 0.321. The van der Waals surface area contributed by atoms with Gasteiger partial charge in [0.1, 0.15) is 12.4 Å². The Balaban J connectivity index is 2.83. The summed E-state index contributed by atoms with van der Waals surface area (Å²) in [4.78, 5) is 3.80. The molecule has 0 saturated carbocycles. The van der Waals surface area contributed by atoms with E-state index in [0.29, 0.717) is 12.4 Å². The van der Waals surface area contributed by atoms with E-state index in [0.717, 1.165) is 0 Å². The second kappa shape index (κ2) is 3.45. The van der Waals surface area contributed by atoms with Crippen LogP contribution < -0.4 is 0 Å². The number of aryl methyl sites for hydroxylation is 1. The second-order valence-electron chi connectivity index (χ2n) is 2.13. The zero-order valence-corrected chi connectivity index (χ0v) is 6.30. The highest BCUT2D eigenvalue weighted by Gasteiger charge is 2.11. The largest absolute Gasteiger partial charge is 0.393 e. The zero-order chi connectivity index (χ0) is 8.27. The number of aliphatic hydroxyl groups is 2. The highest BCUT2D eigenvalue weighted by molar-refractivity contribution is 4.89. The van der Waals surface area contributed by atoms with E-state index in [2.05, 4.69) is 10.1 Å². The maximum absolute atomic E-state index is 9.16. The van der Waals surface area contributed by atoms with Crippen LogP contribution in [0.3, 0.4) is 0 Å². The Morgan fingerprint density at radius 3 is 3.00 bits per heavy atom. The van der Waals surface area contributed by atoms with Crippen LogP contribution in [0.5, 0.6) is 0 Å². The lowest BCUT2D eigenvalue weighted by molar-refractivity contribution is 0.0848. The summed E-state index contributed by atoms with van der Waals surface area (Å²) in [5.41, 5.74) is 0. The van der Waals surface area contributed by atoms with Crippen LogP contribution >= 0.6 is 0 Å². The quantitative estimate of drug-likeness (QED) is 0.610. The molecule has 0 fully saturated rings. The normalized spacial score (nSPS) is 13.4. The molecule has 1 heterocycles. The van der Waals surface area contributed by atoms with Crippen LogP contribution in [-0.2, 0) is 6.54 Å². The van der Waals surface area contributed by atoms with Gasteiger partial charge < -0.3 is 10.2 Å². The lowest BCUT2D eigenvalue weighted by Gasteiger charge is -2.06. The molecule has 11 heavy (non-hydrogen) atoms. The number of hydrogen-bond donors (Lipinski definition) is 2. The first kappa shape index (κ1) is 8.16. The third-order valence-electron chi connectivity index (χ3n) is 1.42. The van der Waals surface area contributed by atoms with Gasteiger partial charge in [0.2, 0.25) is 0 Å². The van der Waals surface area contributed by atoms with E-state index < -0.39 is 6.10 Å². The van der Waals surface area contributed by atoms with Gasteiger partial charge in [-0.25, -0.2) is 9.67 Å². The van der Waals surface area contributed by atoms with Crippen molar-refractivity contribution < 1.29 is 10.2 Å². The molecule has 1 aromatic heterocycles. The molecule has 0 aromatic carbocycles. The molecule has 0 radical (unpaired) electrons. The van der Waals surface area contributed by atoms with Gasteiger partial charge in [-0.2, -0.15) is 5.10 Å². The van der Waals surface area contributed by atoms with Crippen molar-refractivity contribution in [2.75, 3.05) is 6.61 Å². The van der Waals surface area contributed by atoms with Crippen LogP contribution in [0.1, 0.15) is 18.9 Å². The van der Waals surface area contributed by atoms with E-state index in [4.69, 9.17) is 10.2 Å². The first-order valence-corrected chi connectivity index (χ1v) is 3.46. The van der Waals surface area contributed by atoms with Crippen LogP contribution in [0, 0.1) is 0 Å². The van der Waals surface area contributed by atoms with E-state index >= 15 is 0 Å². The topological polar surface area (TPSA) is 71.2 Å². The Morgan fingerprint density at radius 1 is 1.73 bits per heavy atom. The highest BCUT2D eigenvalue weighted by Crippen LogP contribution is 2.06. The fourth-order valence-corrected chi connectivity index (χ4v) is 0.856. The molecule has 1 rings (SSSR count). The SMILES string of the molecule is CCn1ncnc1C(O)CO. The molecule has 0 spiro atoms. The fraction of sp³-hybridized carbons (Fsp3) is 0.667. The Kier molecular flexibility index (Phi) is 2.56. The minimum Gasteiger partial charge on any atom is -0.393 e. The van der Waals surface area contributed by atoms with Crippen LogP contribution in [-0.4, -0.2) is 31.6 Å². The third-order valence-corrected chi connectivity index (χ3v) is 1.42. The summed E-state index contributed by atoms with van der Waals surface area (Å²) in [6, 6.07) is 0. The van der Waals surface area contributed by atoms with Crippen LogP contribution in [0.25, 0.3) is 0 Å². The van der Waals surface area contributed by atoms with Gasteiger partial charge in [0, 0.05) is 6.54 Å². The third kappa shape index (κ3) is 1.55. The molecule has 0 aliphatic rings. The van der Waals surface area contributed by atoms with Gasteiger partial charge in [-0.1, -0.05) is 0 Å². The monoisotopic (exact) mass is 157 g/mol. The summed E-state index contributed by atoms with van der Waals surface area (Å²) in [6.45, 7) is 2.22. The molecule has 0 amide bonds. The first-order valence-electron chi connectivity index (χ1n) is 3.46. The summed E-state index contributed by atoms with van der Waals surface area (Å²) in [7, 11) is 0. The number of hydrogen-bond acceptors (Lipinski definition) is 4. The van der Waals surface area contributed by atoms with Gasteiger partial charge in [0.25, 0.3) is 0 Å². The van der Waals surface area contributed by atoms with Crippen molar-refractivity contribution >= 4 is 0 Å². The Hall–Kier alpha value is -0.940. The molecular weight excluding hydrogens is 146 g/mol. The molecule has 0 aliphatic heterocycles. The van der Waals surface area contributed by atoms with Crippen molar-refractivity contribution in [1.29, 1.82) is 0 Å². The average Bonchev–Trinajstić information content (AvgIpc) is 2.50.